The summed E-state index contributed by atoms with van der Waals surface area (Å²) in [5.74, 6) is -0.689. The molecule has 30 heavy (non-hydrogen) atoms. The maximum Gasteiger partial charge on any atom is 0.573 e. The Morgan fingerprint density at radius 2 is 1.93 bits per heavy atom. The van der Waals surface area contributed by atoms with Crippen molar-refractivity contribution in [3.05, 3.63) is 71.4 Å². The second-order valence-corrected chi connectivity index (χ2v) is 7.61. The van der Waals surface area contributed by atoms with Crippen molar-refractivity contribution in [1.29, 1.82) is 0 Å². The molecule has 0 aliphatic heterocycles. The van der Waals surface area contributed by atoms with E-state index in [4.69, 9.17) is 0 Å². The second-order valence-electron chi connectivity index (χ2n) is 6.38. The van der Waals surface area contributed by atoms with Gasteiger partial charge in [-0.3, -0.25) is 9.78 Å². The first-order chi connectivity index (χ1) is 14.3. The van der Waals surface area contributed by atoms with Crippen LogP contribution >= 0.6 is 11.3 Å². The molecule has 2 aromatic heterocycles. The molecule has 0 aliphatic rings. The summed E-state index contributed by atoms with van der Waals surface area (Å²) in [5.41, 5.74) is 2.59. The van der Waals surface area contributed by atoms with E-state index in [1.807, 2.05) is 13.0 Å². The minimum Gasteiger partial charge on any atom is -0.406 e. The Bertz CT molecular complexity index is 1220. The predicted molar refractivity (Wildman–Crippen MR) is 109 cm³/mol. The molecule has 4 rings (SSSR count). The van der Waals surface area contributed by atoms with Crippen LogP contribution in [0, 0.1) is 6.92 Å². The highest BCUT2D eigenvalue weighted by Crippen LogP contribution is 2.28. The number of amides is 1. The minimum atomic E-state index is -4.77. The number of aryl methyl sites for hydroxylation is 1. The van der Waals surface area contributed by atoms with Crippen molar-refractivity contribution in [2.45, 2.75) is 13.3 Å². The molecule has 1 amide bonds. The standard InChI is InChI=1S/C21H14F3N3O2S/c1-12-26-18-10-15(6-8-19(18)30-12)27-20(28)14-5-7-17(25-11-14)13-3-2-4-16(9-13)29-21(22,23)24/h2-11H,1H3,(H,27,28). The third kappa shape index (κ3) is 4.57. The van der Waals surface area contributed by atoms with Crippen molar-refractivity contribution >= 4 is 33.1 Å². The van der Waals surface area contributed by atoms with E-state index in [1.165, 1.54) is 24.4 Å². The zero-order valence-electron chi connectivity index (χ0n) is 15.5. The van der Waals surface area contributed by atoms with Gasteiger partial charge in [0.15, 0.2) is 0 Å². The molecule has 0 aliphatic carbocycles. The fourth-order valence-electron chi connectivity index (χ4n) is 2.88. The van der Waals surface area contributed by atoms with E-state index in [1.54, 1.807) is 41.7 Å². The van der Waals surface area contributed by atoms with E-state index < -0.39 is 6.36 Å². The Kier molecular flexibility index (Phi) is 5.13. The quantitative estimate of drug-likeness (QED) is 0.444. The van der Waals surface area contributed by atoms with Crippen LogP contribution in [0.25, 0.3) is 21.5 Å². The molecule has 0 bridgehead atoms. The molecule has 2 aromatic carbocycles. The molecule has 0 spiro atoms. The van der Waals surface area contributed by atoms with Crippen molar-refractivity contribution in [3.8, 4) is 17.0 Å². The van der Waals surface area contributed by atoms with Gasteiger partial charge in [0, 0.05) is 17.4 Å². The van der Waals surface area contributed by atoms with E-state index in [-0.39, 0.29) is 11.7 Å². The van der Waals surface area contributed by atoms with Crippen molar-refractivity contribution in [1.82, 2.24) is 9.97 Å². The van der Waals surface area contributed by atoms with E-state index in [0.717, 1.165) is 15.2 Å². The Balaban J connectivity index is 1.50. The highest BCUT2D eigenvalue weighted by Gasteiger charge is 2.31. The van der Waals surface area contributed by atoms with E-state index in [2.05, 4.69) is 20.0 Å². The van der Waals surface area contributed by atoms with Crippen LogP contribution < -0.4 is 10.1 Å². The maximum absolute atomic E-state index is 12.5. The molecule has 152 valence electrons. The number of nitrogens with zero attached hydrogens (tertiary/aromatic N) is 2. The van der Waals surface area contributed by atoms with Crippen LogP contribution in [0.3, 0.4) is 0 Å². The SMILES string of the molecule is Cc1nc2cc(NC(=O)c3ccc(-c4cccc(OC(F)(F)F)c4)nc3)ccc2s1. The van der Waals surface area contributed by atoms with Crippen LogP contribution in [-0.4, -0.2) is 22.2 Å². The number of ether oxygens (including phenoxy) is 1. The van der Waals surface area contributed by atoms with Gasteiger partial charge in [0.25, 0.3) is 5.91 Å². The molecule has 2 heterocycles. The zero-order chi connectivity index (χ0) is 21.3. The van der Waals surface area contributed by atoms with Gasteiger partial charge in [0.05, 0.1) is 26.5 Å². The lowest BCUT2D eigenvalue weighted by atomic mass is 10.1. The van der Waals surface area contributed by atoms with Crippen LogP contribution in [0.2, 0.25) is 0 Å². The first kappa shape index (κ1) is 19.8. The third-order valence-electron chi connectivity index (χ3n) is 4.14. The van der Waals surface area contributed by atoms with Crippen molar-refractivity contribution in [2.75, 3.05) is 5.32 Å². The number of nitrogens with one attached hydrogen (secondary N) is 1. The Morgan fingerprint density at radius 3 is 2.67 bits per heavy atom. The lowest BCUT2D eigenvalue weighted by Gasteiger charge is -2.10. The summed E-state index contributed by atoms with van der Waals surface area (Å²) >= 11 is 1.57. The number of hydrogen-bond donors (Lipinski definition) is 1. The normalized spacial score (nSPS) is 11.5. The molecular weight excluding hydrogens is 415 g/mol. The summed E-state index contributed by atoms with van der Waals surface area (Å²) < 4.78 is 42.2. The van der Waals surface area contributed by atoms with Crippen LogP contribution in [-0.2, 0) is 0 Å². The number of benzene rings is 2. The number of carbonyl (C=O) groups is 1. The van der Waals surface area contributed by atoms with Gasteiger partial charge in [-0.05, 0) is 49.4 Å². The number of thiazole rings is 1. The van der Waals surface area contributed by atoms with Gasteiger partial charge in [0.1, 0.15) is 5.75 Å². The van der Waals surface area contributed by atoms with Crippen molar-refractivity contribution < 1.29 is 22.7 Å². The molecule has 4 aromatic rings. The summed E-state index contributed by atoms with van der Waals surface area (Å²) in [7, 11) is 0. The minimum absolute atomic E-state index is 0.316. The molecule has 0 saturated heterocycles. The number of aromatic nitrogens is 2. The van der Waals surface area contributed by atoms with Crippen LogP contribution in [0.15, 0.2) is 60.8 Å². The lowest BCUT2D eigenvalue weighted by molar-refractivity contribution is -0.274. The van der Waals surface area contributed by atoms with Crippen LogP contribution in [0.5, 0.6) is 5.75 Å². The van der Waals surface area contributed by atoms with Crippen molar-refractivity contribution in [2.24, 2.45) is 0 Å². The molecule has 0 atom stereocenters. The van der Waals surface area contributed by atoms with Gasteiger partial charge in [-0.1, -0.05) is 12.1 Å². The summed E-state index contributed by atoms with van der Waals surface area (Å²) in [6.45, 7) is 1.92. The summed E-state index contributed by atoms with van der Waals surface area (Å²) in [6.07, 6.45) is -3.40. The predicted octanol–water partition coefficient (Wildman–Crippen LogP) is 5.82. The number of rotatable bonds is 4. The average Bonchev–Trinajstić information content (AvgIpc) is 3.06. The van der Waals surface area contributed by atoms with Gasteiger partial charge < -0.3 is 10.1 Å². The fraction of sp³-hybridized carbons (Fsp3) is 0.0952. The summed E-state index contributed by atoms with van der Waals surface area (Å²) in [5, 5.41) is 3.74. The largest absolute Gasteiger partial charge is 0.573 e. The average molecular weight is 429 g/mol. The third-order valence-corrected chi connectivity index (χ3v) is 5.09. The number of anilines is 1. The smallest absolute Gasteiger partial charge is 0.406 e. The number of hydrogen-bond acceptors (Lipinski definition) is 5. The topological polar surface area (TPSA) is 64.1 Å². The number of carbonyl (C=O) groups excluding carboxylic acids is 1. The number of pyridine rings is 1. The first-order valence-corrected chi connectivity index (χ1v) is 9.59. The highest BCUT2D eigenvalue weighted by molar-refractivity contribution is 7.18. The maximum atomic E-state index is 12.5. The molecule has 0 unspecified atom stereocenters. The molecule has 9 heteroatoms. The van der Waals surface area contributed by atoms with Gasteiger partial charge in [-0.15, -0.1) is 24.5 Å². The van der Waals surface area contributed by atoms with Crippen molar-refractivity contribution in [3.63, 3.8) is 0 Å². The van der Waals surface area contributed by atoms with Crippen LogP contribution in [0.1, 0.15) is 15.4 Å². The molecular formula is C21H14F3N3O2S. The van der Waals surface area contributed by atoms with E-state index in [0.29, 0.717) is 22.5 Å². The zero-order valence-corrected chi connectivity index (χ0v) is 16.3. The van der Waals surface area contributed by atoms with Crippen LogP contribution in [0.4, 0.5) is 18.9 Å². The van der Waals surface area contributed by atoms with E-state index >= 15 is 0 Å². The molecule has 1 N–H and O–H groups in total. The summed E-state index contributed by atoms with van der Waals surface area (Å²) in [6, 6.07) is 14.1. The lowest BCUT2D eigenvalue weighted by Crippen LogP contribution is -2.17. The Morgan fingerprint density at radius 1 is 1.10 bits per heavy atom. The number of alkyl halides is 3. The van der Waals surface area contributed by atoms with Gasteiger partial charge in [-0.2, -0.15) is 0 Å². The molecule has 0 saturated carbocycles. The van der Waals surface area contributed by atoms with Gasteiger partial charge >= 0.3 is 6.36 Å². The van der Waals surface area contributed by atoms with Gasteiger partial charge in [-0.25, -0.2) is 4.98 Å². The van der Waals surface area contributed by atoms with E-state index in [9.17, 15) is 18.0 Å². The summed E-state index contributed by atoms with van der Waals surface area (Å²) in [4.78, 5) is 21.1. The molecule has 5 nitrogen and oxygen atoms in total. The Hall–Kier alpha value is -3.46. The number of halogens is 3. The Labute approximate surface area is 173 Å². The second kappa shape index (κ2) is 7.75. The first-order valence-electron chi connectivity index (χ1n) is 8.78. The molecule has 0 radical (unpaired) electrons. The molecule has 0 fully saturated rings. The highest BCUT2D eigenvalue weighted by atomic mass is 32.1. The fourth-order valence-corrected chi connectivity index (χ4v) is 3.68. The van der Waals surface area contributed by atoms with Gasteiger partial charge in [0.2, 0.25) is 0 Å². The number of fused-ring (bicyclic) bond motifs is 1. The monoisotopic (exact) mass is 429 g/mol.